The molecule has 26 heavy (non-hydrogen) atoms. The Morgan fingerprint density at radius 1 is 1.19 bits per heavy atom. The number of hydrogen-bond acceptors (Lipinski definition) is 7. The number of hydrogen-bond donors (Lipinski definition) is 1. The van der Waals surface area contributed by atoms with Crippen molar-refractivity contribution in [3.05, 3.63) is 59.4 Å². The van der Waals surface area contributed by atoms with Gasteiger partial charge in [0, 0.05) is 12.3 Å². The Bertz CT molecular complexity index is 1150. The van der Waals surface area contributed by atoms with Crippen molar-refractivity contribution >= 4 is 44.8 Å². The monoisotopic (exact) mass is 382 g/mol. The summed E-state index contributed by atoms with van der Waals surface area (Å²) in [6, 6.07) is 9.70. The van der Waals surface area contributed by atoms with Gasteiger partial charge in [-0.2, -0.15) is 5.26 Å². The number of nitrogens with one attached hydrogen (secondary N) is 1. The molecule has 0 fully saturated rings. The molecule has 3 heterocycles. The van der Waals surface area contributed by atoms with Crippen LogP contribution in [0.5, 0.6) is 0 Å². The lowest BCUT2D eigenvalue weighted by Crippen LogP contribution is -1.97. The number of pyridine rings is 1. The van der Waals surface area contributed by atoms with Crippen molar-refractivity contribution in [2.45, 2.75) is 0 Å². The highest BCUT2D eigenvalue weighted by molar-refractivity contribution is 7.22. The van der Waals surface area contributed by atoms with Gasteiger partial charge in [0.05, 0.1) is 20.8 Å². The van der Waals surface area contributed by atoms with E-state index in [0.29, 0.717) is 27.2 Å². The first-order chi connectivity index (χ1) is 12.7. The lowest BCUT2D eigenvalue weighted by Gasteiger charge is -2.04. The summed E-state index contributed by atoms with van der Waals surface area (Å²) in [4.78, 5) is 16.7. The van der Waals surface area contributed by atoms with Crippen LogP contribution in [0.4, 0.5) is 16.0 Å². The molecule has 3 aromatic heterocycles. The molecule has 0 atom stereocenters. The first-order valence-corrected chi connectivity index (χ1v) is 8.54. The molecule has 0 saturated heterocycles. The Morgan fingerprint density at radius 2 is 2.08 bits per heavy atom. The van der Waals surface area contributed by atoms with Crippen LogP contribution in [-0.4, -0.2) is 19.9 Å². The van der Waals surface area contributed by atoms with E-state index in [2.05, 4.69) is 25.3 Å². The number of fused-ring (bicyclic) bond motifs is 1. The second-order valence-corrected chi connectivity index (χ2v) is 6.56. The summed E-state index contributed by atoms with van der Waals surface area (Å²) in [7, 11) is 0. The zero-order chi connectivity index (χ0) is 18.1. The van der Waals surface area contributed by atoms with Gasteiger partial charge >= 0.3 is 0 Å². The highest BCUT2D eigenvalue weighted by atomic mass is 35.5. The van der Waals surface area contributed by atoms with Crippen molar-refractivity contribution in [3.8, 4) is 16.6 Å². The smallest absolute Gasteiger partial charge is 0.151 e. The fourth-order valence-electron chi connectivity index (χ4n) is 2.36. The van der Waals surface area contributed by atoms with E-state index in [9.17, 15) is 4.39 Å². The topological polar surface area (TPSA) is 87.4 Å². The molecule has 0 bridgehead atoms. The minimum atomic E-state index is -0.437. The summed E-state index contributed by atoms with van der Waals surface area (Å²) < 4.78 is 14.9. The summed E-state index contributed by atoms with van der Waals surface area (Å²) >= 11 is 7.41. The number of benzene rings is 1. The first kappa shape index (κ1) is 16.3. The Balaban J connectivity index is 1.80. The lowest BCUT2D eigenvalue weighted by atomic mass is 10.2. The molecule has 0 amide bonds. The molecular weight excluding hydrogens is 375 g/mol. The van der Waals surface area contributed by atoms with Crippen molar-refractivity contribution in [2.24, 2.45) is 0 Å². The highest BCUT2D eigenvalue weighted by Crippen LogP contribution is 2.38. The van der Waals surface area contributed by atoms with Crippen LogP contribution < -0.4 is 5.32 Å². The predicted molar refractivity (Wildman–Crippen MR) is 97.8 cm³/mol. The molecule has 0 aliphatic carbocycles. The van der Waals surface area contributed by atoms with E-state index < -0.39 is 5.82 Å². The number of aromatic nitrogens is 4. The average Bonchev–Trinajstić information content (AvgIpc) is 3.06. The fraction of sp³-hybridized carbons (Fsp3) is 0. The lowest BCUT2D eigenvalue weighted by molar-refractivity contribution is 0.631. The summed E-state index contributed by atoms with van der Waals surface area (Å²) in [5.74, 6) is 0.491. The van der Waals surface area contributed by atoms with Gasteiger partial charge in [-0.15, -0.1) is 11.3 Å². The maximum Gasteiger partial charge on any atom is 0.151 e. The van der Waals surface area contributed by atoms with Gasteiger partial charge in [0.1, 0.15) is 34.7 Å². The van der Waals surface area contributed by atoms with Crippen molar-refractivity contribution in [1.29, 1.82) is 5.26 Å². The van der Waals surface area contributed by atoms with Crippen molar-refractivity contribution in [1.82, 2.24) is 19.9 Å². The highest BCUT2D eigenvalue weighted by Gasteiger charge is 2.16. The summed E-state index contributed by atoms with van der Waals surface area (Å²) in [5.41, 5.74) is 1.14. The molecule has 0 aliphatic rings. The average molecular weight is 383 g/mol. The standard InChI is InChI=1S/C17H8ClFN6S/c18-10-2-1-3-11(19)14(10)17-24-12-4-5-21-16(15(12)26-17)25-13-6-9(7-20)22-8-23-13/h1-6,8H,(H,21,22,23,25). The number of anilines is 2. The Morgan fingerprint density at radius 3 is 2.88 bits per heavy atom. The van der Waals surface area contributed by atoms with Crippen LogP contribution in [0, 0.1) is 17.1 Å². The van der Waals surface area contributed by atoms with Crippen molar-refractivity contribution < 1.29 is 4.39 Å². The van der Waals surface area contributed by atoms with Gasteiger partial charge in [0.2, 0.25) is 0 Å². The van der Waals surface area contributed by atoms with Gasteiger partial charge in [0.25, 0.3) is 0 Å². The molecule has 0 saturated carbocycles. The van der Waals surface area contributed by atoms with Crippen molar-refractivity contribution in [3.63, 3.8) is 0 Å². The van der Waals surface area contributed by atoms with Gasteiger partial charge in [-0.05, 0) is 18.2 Å². The van der Waals surface area contributed by atoms with Crippen LogP contribution >= 0.6 is 22.9 Å². The molecular formula is C17H8ClFN6S. The van der Waals surface area contributed by atoms with Crippen LogP contribution in [-0.2, 0) is 0 Å². The fourth-order valence-corrected chi connectivity index (χ4v) is 3.74. The number of halogens is 2. The first-order valence-electron chi connectivity index (χ1n) is 7.35. The van der Waals surface area contributed by atoms with Crippen molar-refractivity contribution in [2.75, 3.05) is 5.32 Å². The van der Waals surface area contributed by atoms with Gasteiger partial charge in [-0.25, -0.2) is 24.3 Å². The number of rotatable bonds is 3. The van der Waals surface area contributed by atoms with Crippen LogP contribution in [0.3, 0.4) is 0 Å². The quantitative estimate of drug-likeness (QED) is 0.559. The molecule has 9 heteroatoms. The van der Waals surface area contributed by atoms with Crippen LogP contribution in [0.15, 0.2) is 42.9 Å². The molecule has 4 aromatic rings. The molecule has 0 unspecified atom stereocenters. The Kier molecular flexibility index (Phi) is 4.16. The molecule has 4 rings (SSSR count). The SMILES string of the molecule is N#Cc1cc(Nc2nccc3nc(-c4c(F)cccc4Cl)sc23)ncn1. The second-order valence-electron chi connectivity index (χ2n) is 5.15. The zero-order valence-corrected chi connectivity index (χ0v) is 14.5. The second kappa shape index (κ2) is 6.63. The van der Waals surface area contributed by atoms with E-state index in [1.54, 1.807) is 24.4 Å². The molecule has 0 radical (unpaired) electrons. The third-order valence-electron chi connectivity index (χ3n) is 3.51. The van der Waals surface area contributed by atoms with Crippen LogP contribution in [0.25, 0.3) is 20.8 Å². The maximum atomic E-state index is 14.2. The molecule has 1 N–H and O–H groups in total. The van der Waals surface area contributed by atoms with Crippen LogP contribution in [0.2, 0.25) is 5.02 Å². The predicted octanol–water partition coefficient (Wildman–Crippen LogP) is 4.56. The minimum absolute atomic E-state index is 0.234. The van der Waals surface area contributed by atoms with E-state index in [4.69, 9.17) is 16.9 Å². The number of nitrogens with zero attached hydrogens (tertiary/aromatic N) is 5. The molecule has 1 aromatic carbocycles. The summed E-state index contributed by atoms with van der Waals surface area (Å²) in [6.45, 7) is 0. The van der Waals surface area contributed by atoms with E-state index in [1.807, 2.05) is 6.07 Å². The van der Waals surface area contributed by atoms with E-state index in [0.717, 1.165) is 4.70 Å². The Hall–Kier alpha value is -3.15. The zero-order valence-electron chi connectivity index (χ0n) is 12.9. The number of thiazole rings is 1. The molecule has 0 aliphatic heterocycles. The van der Waals surface area contributed by atoms with Crippen LogP contribution in [0.1, 0.15) is 5.69 Å². The number of nitriles is 1. The summed E-state index contributed by atoms with van der Waals surface area (Å²) in [6.07, 6.45) is 2.88. The molecule has 0 spiro atoms. The van der Waals surface area contributed by atoms with E-state index in [-0.39, 0.29) is 11.3 Å². The molecule has 6 nitrogen and oxygen atoms in total. The third-order valence-corrected chi connectivity index (χ3v) is 4.92. The van der Waals surface area contributed by atoms with E-state index >= 15 is 0 Å². The molecule has 126 valence electrons. The van der Waals surface area contributed by atoms with Gasteiger partial charge in [-0.3, -0.25) is 0 Å². The summed E-state index contributed by atoms with van der Waals surface area (Å²) in [5, 5.41) is 12.7. The minimum Gasteiger partial charge on any atom is -0.324 e. The largest absolute Gasteiger partial charge is 0.324 e. The normalized spacial score (nSPS) is 10.7. The van der Waals surface area contributed by atoms with E-state index in [1.165, 1.54) is 29.8 Å². The van der Waals surface area contributed by atoms with Gasteiger partial charge in [0.15, 0.2) is 5.82 Å². The van der Waals surface area contributed by atoms with Gasteiger partial charge in [-0.1, -0.05) is 17.7 Å². The third kappa shape index (κ3) is 2.94. The maximum absolute atomic E-state index is 14.2. The Labute approximate surface area is 156 Å². The van der Waals surface area contributed by atoms with Gasteiger partial charge < -0.3 is 5.32 Å².